The number of hydrogen-bond donors (Lipinski definition) is 1. The zero-order valence-corrected chi connectivity index (χ0v) is 15.7. The first-order valence-electron chi connectivity index (χ1n) is 9.04. The van der Waals surface area contributed by atoms with Crippen LogP contribution in [0.15, 0.2) is 24.4 Å². The molecule has 0 bridgehead atoms. The highest BCUT2D eigenvalue weighted by Gasteiger charge is 2.25. The van der Waals surface area contributed by atoms with E-state index in [0.717, 1.165) is 42.0 Å². The number of nitrogens with zero attached hydrogens (tertiary/aromatic N) is 4. The Morgan fingerprint density at radius 1 is 1.27 bits per heavy atom. The molecular weight excluding hydrogens is 328 g/mol. The number of carbonyl (C=O) groups excluding carboxylic acids is 1. The van der Waals surface area contributed by atoms with Crippen LogP contribution in [0, 0.1) is 5.41 Å². The second-order valence-electron chi connectivity index (χ2n) is 7.76. The lowest BCUT2D eigenvalue weighted by Crippen LogP contribution is -2.31. The first-order chi connectivity index (χ1) is 12.4. The Morgan fingerprint density at radius 3 is 2.77 bits per heavy atom. The number of aryl methyl sites for hydroxylation is 1. The van der Waals surface area contributed by atoms with Crippen molar-refractivity contribution in [1.82, 2.24) is 15.0 Å². The molecule has 26 heavy (non-hydrogen) atoms. The van der Waals surface area contributed by atoms with Crippen molar-refractivity contribution in [3.63, 3.8) is 0 Å². The minimum Gasteiger partial charge on any atom is -0.396 e. The smallest absolute Gasteiger partial charge is 0.180 e. The third-order valence-corrected chi connectivity index (χ3v) is 4.68. The molecule has 2 heterocycles. The lowest BCUT2D eigenvalue weighted by molar-refractivity contribution is -0.120. The number of aromatic nitrogens is 3. The van der Waals surface area contributed by atoms with Crippen LogP contribution in [0.1, 0.15) is 37.9 Å². The number of carbonyl (C=O) groups is 1. The normalized spacial score (nSPS) is 13.5. The number of aliphatic hydroxyl groups excluding tert-OH is 1. The Bertz CT molecular complexity index is 790. The van der Waals surface area contributed by atoms with E-state index in [0.29, 0.717) is 12.2 Å². The van der Waals surface area contributed by atoms with Crippen LogP contribution in [0.2, 0.25) is 0 Å². The molecule has 0 fully saturated rings. The van der Waals surface area contributed by atoms with Crippen molar-refractivity contribution >= 4 is 11.6 Å². The van der Waals surface area contributed by atoms with Crippen molar-refractivity contribution in [2.45, 2.75) is 39.5 Å². The molecule has 6 heteroatoms. The first kappa shape index (κ1) is 18.5. The van der Waals surface area contributed by atoms with Crippen LogP contribution in [0.3, 0.4) is 0 Å². The van der Waals surface area contributed by atoms with Gasteiger partial charge in [-0.1, -0.05) is 19.9 Å². The van der Waals surface area contributed by atoms with Gasteiger partial charge < -0.3 is 10.0 Å². The highest BCUT2D eigenvalue weighted by Crippen LogP contribution is 2.30. The van der Waals surface area contributed by atoms with Crippen molar-refractivity contribution in [1.29, 1.82) is 0 Å². The summed E-state index contributed by atoms with van der Waals surface area (Å²) in [5.41, 5.74) is 2.54. The van der Waals surface area contributed by atoms with Crippen molar-refractivity contribution in [3.05, 3.63) is 35.7 Å². The summed E-state index contributed by atoms with van der Waals surface area (Å²) in [4.78, 5) is 28.2. The van der Waals surface area contributed by atoms with Gasteiger partial charge in [0.15, 0.2) is 11.6 Å². The predicted molar refractivity (Wildman–Crippen MR) is 101 cm³/mol. The monoisotopic (exact) mass is 354 g/mol. The number of Topliss-reactive ketones (excluding diaryl/α,β-unsaturated/α-hetero) is 1. The highest BCUT2D eigenvalue weighted by atomic mass is 16.3. The van der Waals surface area contributed by atoms with Gasteiger partial charge in [0.1, 0.15) is 11.5 Å². The number of anilines is 1. The van der Waals surface area contributed by atoms with Gasteiger partial charge in [-0.2, -0.15) is 0 Å². The van der Waals surface area contributed by atoms with Crippen LogP contribution in [0.4, 0.5) is 5.82 Å². The number of likely N-dealkylation sites (N-methyl/N-ethyl adjacent to an activating group) is 1. The second kappa shape index (κ2) is 7.50. The fourth-order valence-electron chi connectivity index (χ4n) is 3.32. The summed E-state index contributed by atoms with van der Waals surface area (Å²) >= 11 is 0. The molecule has 0 spiro atoms. The van der Waals surface area contributed by atoms with Gasteiger partial charge in [0.05, 0.1) is 6.54 Å². The summed E-state index contributed by atoms with van der Waals surface area (Å²) in [7, 11) is 1.90. The van der Waals surface area contributed by atoms with Crippen molar-refractivity contribution in [2.24, 2.45) is 5.41 Å². The molecule has 1 N–H and O–H groups in total. The van der Waals surface area contributed by atoms with Crippen LogP contribution < -0.4 is 4.90 Å². The number of rotatable bonds is 7. The summed E-state index contributed by atoms with van der Waals surface area (Å²) in [6, 6.07) is 5.68. The molecule has 0 unspecified atom stereocenters. The van der Waals surface area contributed by atoms with Gasteiger partial charge in [-0.3, -0.25) is 9.78 Å². The zero-order chi connectivity index (χ0) is 18.7. The number of ketones is 1. The zero-order valence-electron chi connectivity index (χ0n) is 15.7. The van der Waals surface area contributed by atoms with E-state index in [1.807, 2.05) is 44.0 Å². The average molecular weight is 354 g/mol. The maximum absolute atomic E-state index is 12.4. The summed E-state index contributed by atoms with van der Waals surface area (Å²) in [6.07, 6.45) is 5.00. The third kappa shape index (κ3) is 4.07. The van der Waals surface area contributed by atoms with Gasteiger partial charge >= 0.3 is 0 Å². The Hall–Kier alpha value is -2.34. The Labute approximate surface area is 154 Å². The molecule has 0 amide bonds. The molecule has 0 saturated heterocycles. The first-order valence-corrected chi connectivity index (χ1v) is 9.04. The van der Waals surface area contributed by atoms with Crippen molar-refractivity contribution < 1.29 is 9.90 Å². The van der Waals surface area contributed by atoms with E-state index >= 15 is 0 Å². The molecule has 1 aliphatic rings. The minimum absolute atomic E-state index is 0.00478. The second-order valence-corrected chi connectivity index (χ2v) is 7.76. The van der Waals surface area contributed by atoms with E-state index in [1.165, 1.54) is 0 Å². The molecule has 2 aromatic rings. The topological polar surface area (TPSA) is 79.2 Å². The molecular formula is C20H26N4O2. The largest absolute Gasteiger partial charge is 0.396 e. The Kier molecular flexibility index (Phi) is 5.32. The maximum Gasteiger partial charge on any atom is 0.180 e. The van der Waals surface area contributed by atoms with E-state index in [2.05, 4.69) is 4.98 Å². The molecule has 0 aliphatic heterocycles. The lowest BCUT2D eigenvalue weighted by atomic mass is 9.88. The number of aliphatic hydroxyl groups is 1. The van der Waals surface area contributed by atoms with Crippen molar-refractivity contribution in [3.8, 4) is 11.5 Å². The van der Waals surface area contributed by atoms with E-state index in [1.54, 1.807) is 6.20 Å². The van der Waals surface area contributed by atoms with E-state index in [-0.39, 0.29) is 18.9 Å². The Balaban J connectivity index is 1.87. The molecule has 138 valence electrons. The summed E-state index contributed by atoms with van der Waals surface area (Å²) in [5.74, 6) is 1.52. The van der Waals surface area contributed by atoms with Crippen LogP contribution in [-0.4, -0.2) is 46.0 Å². The fourth-order valence-corrected chi connectivity index (χ4v) is 3.32. The Morgan fingerprint density at radius 2 is 2.08 bits per heavy atom. The van der Waals surface area contributed by atoms with Crippen LogP contribution >= 0.6 is 0 Å². The molecule has 3 rings (SSSR count). The van der Waals surface area contributed by atoms with Gasteiger partial charge in [-0.15, -0.1) is 0 Å². The lowest BCUT2D eigenvalue weighted by Gasteiger charge is -2.24. The minimum atomic E-state index is -0.398. The predicted octanol–water partition coefficient (Wildman–Crippen LogP) is 2.44. The summed E-state index contributed by atoms with van der Waals surface area (Å²) < 4.78 is 0. The number of pyridine rings is 1. The SMILES string of the molecule is CN(CC(=O)CC(C)(C)CO)c1nc(-c2ccccn2)nc2c1CCC2. The molecule has 0 saturated carbocycles. The number of fused-ring (bicyclic) bond motifs is 1. The van der Waals surface area contributed by atoms with Gasteiger partial charge in [0, 0.05) is 37.5 Å². The molecule has 0 aromatic carbocycles. The number of hydrogen-bond acceptors (Lipinski definition) is 6. The summed E-state index contributed by atoms with van der Waals surface area (Å²) in [5, 5.41) is 9.39. The highest BCUT2D eigenvalue weighted by molar-refractivity contribution is 5.84. The van der Waals surface area contributed by atoms with Gasteiger partial charge in [-0.25, -0.2) is 9.97 Å². The van der Waals surface area contributed by atoms with Crippen LogP contribution in [0.5, 0.6) is 0 Å². The van der Waals surface area contributed by atoms with E-state index in [4.69, 9.17) is 9.97 Å². The quantitative estimate of drug-likeness (QED) is 0.823. The van der Waals surface area contributed by atoms with Crippen LogP contribution in [-0.2, 0) is 17.6 Å². The molecule has 0 atom stereocenters. The average Bonchev–Trinajstić information content (AvgIpc) is 3.09. The van der Waals surface area contributed by atoms with Gasteiger partial charge in [-0.05, 0) is 36.8 Å². The fraction of sp³-hybridized carbons (Fsp3) is 0.500. The molecule has 0 radical (unpaired) electrons. The summed E-state index contributed by atoms with van der Waals surface area (Å²) in [6.45, 7) is 4.06. The molecule has 2 aromatic heterocycles. The van der Waals surface area contributed by atoms with Gasteiger partial charge in [0.25, 0.3) is 0 Å². The van der Waals surface area contributed by atoms with Crippen molar-refractivity contribution in [2.75, 3.05) is 25.1 Å². The maximum atomic E-state index is 12.4. The molecule has 6 nitrogen and oxygen atoms in total. The molecule has 1 aliphatic carbocycles. The van der Waals surface area contributed by atoms with E-state index in [9.17, 15) is 9.90 Å². The van der Waals surface area contributed by atoms with Gasteiger partial charge in [0.2, 0.25) is 0 Å². The van der Waals surface area contributed by atoms with E-state index < -0.39 is 5.41 Å². The third-order valence-electron chi connectivity index (χ3n) is 4.68. The van der Waals surface area contributed by atoms with Crippen LogP contribution in [0.25, 0.3) is 11.5 Å². The standard InChI is InChI=1S/C20H26N4O2/c1-20(2,13-25)11-14(26)12-24(3)19-15-7-6-9-16(15)22-18(23-19)17-8-4-5-10-21-17/h4-5,8,10,25H,6-7,9,11-13H2,1-3H3.